The summed E-state index contributed by atoms with van der Waals surface area (Å²) in [7, 11) is -2.29. The minimum absolute atomic E-state index is 0.101. The first kappa shape index (κ1) is 12.1. The summed E-state index contributed by atoms with van der Waals surface area (Å²) in [5.41, 5.74) is 0.152. The minimum atomic E-state index is -3.61. The van der Waals surface area contributed by atoms with Gasteiger partial charge in [0, 0.05) is 6.07 Å². The van der Waals surface area contributed by atoms with Crippen LogP contribution in [0, 0.1) is 5.82 Å². The fourth-order valence-electron chi connectivity index (χ4n) is 0.944. The van der Waals surface area contributed by atoms with Crippen molar-refractivity contribution in [2.45, 2.75) is 0 Å². The fraction of sp³-hybridized carbons (Fsp3) is 0.250. The second-order valence-corrected chi connectivity index (χ2v) is 4.98. The lowest BCUT2D eigenvalue weighted by Crippen LogP contribution is -2.14. The van der Waals surface area contributed by atoms with Gasteiger partial charge in [0.1, 0.15) is 16.8 Å². The summed E-state index contributed by atoms with van der Waals surface area (Å²) in [5.74, 6) is -0.413. The first-order chi connectivity index (χ1) is 6.98. The maximum atomic E-state index is 12.8. The summed E-state index contributed by atoms with van der Waals surface area (Å²) in [6.45, 7) is 0. The molecule has 7 heteroatoms. The van der Waals surface area contributed by atoms with Gasteiger partial charge < -0.3 is 4.74 Å². The van der Waals surface area contributed by atoms with E-state index >= 15 is 0 Å². The molecular weight excluding hydrogens is 245 g/mol. The summed E-state index contributed by atoms with van der Waals surface area (Å²) in [6, 6.07) is 3.46. The number of hydrogen-bond acceptors (Lipinski definition) is 3. The summed E-state index contributed by atoms with van der Waals surface area (Å²) in [6.07, 6.45) is 0. The molecule has 15 heavy (non-hydrogen) atoms. The van der Waals surface area contributed by atoms with Crippen LogP contribution in [0.15, 0.2) is 18.2 Å². The number of methoxy groups -OCH3 is 1. The highest BCUT2D eigenvalue weighted by Gasteiger charge is 2.12. The molecule has 0 unspecified atom stereocenters. The van der Waals surface area contributed by atoms with Gasteiger partial charge in [-0.25, -0.2) is 12.8 Å². The van der Waals surface area contributed by atoms with Crippen LogP contribution < -0.4 is 9.46 Å². The Morgan fingerprint density at radius 1 is 1.53 bits per heavy atom. The van der Waals surface area contributed by atoms with E-state index < -0.39 is 21.1 Å². The van der Waals surface area contributed by atoms with Crippen molar-refractivity contribution in [2.24, 2.45) is 0 Å². The van der Waals surface area contributed by atoms with Crippen molar-refractivity contribution in [3.63, 3.8) is 0 Å². The van der Waals surface area contributed by atoms with Crippen LogP contribution in [0.2, 0.25) is 0 Å². The lowest BCUT2D eigenvalue weighted by molar-refractivity contribution is 0.413. The number of benzene rings is 1. The molecule has 0 amide bonds. The lowest BCUT2D eigenvalue weighted by Gasteiger charge is -2.09. The van der Waals surface area contributed by atoms with Crippen molar-refractivity contribution in [1.82, 2.24) is 0 Å². The highest BCUT2D eigenvalue weighted by molar-refractivity contribution is 7.93. The highest BCUT2D eigenvalue weighted by atomic mass is 35.5. The Labute approximate surface area is 92.1 Å². The second-order valence-electron chi connectivity index (χ2n) is 2.67. The number of hydrogen-bond donors (Lipinski definition) is 1. The third-order valence-corrected chi connectivity index (χ3v) is 3.25. The Bertz CT molecular complexity index is 449. The van der Waals surface area contributed by atoms with E-state index in [1.807, 2.05) is 0 Å². The number of sulfonamides is 1. The van der Waals surface area contributed by atoms with Crippen LogP contribution >= 0.6 is 11.6 Å². The molecule has 0 spiro atoms. The van der Waals surface area contributed by atoms with Gasteiger partial charge in [0.15, 0.2) is 0 Å². The summed E-state index contributed by atoms with van der Waals surface area (Å²) < 4.78 is 42.0. The van der Waals surface area contributed by atoms with Gasteiger partial charge in [-0.2, -0.15) is 0 Å². The molecule has 1 N–H and O–H groups in total. The fourth-order valence-corrected chi connectivity index (χ4v) is 1.67. The number of ether oxygens (including phenoxy) is 1. The Kier molecular flexibility index (Phi) is 3.76. The molecule has 1 aromatic carbocycles. The van der Waals surface area contributed by atoms with Crippen LogP contribution in [-0.2, 0) is 10.0 Å². The molecule has 0 fully saturated rings. The summed E-state index contributed by atoms with van der Waals surface area (Å²) in [5, 5.41) is -0.576. The van der Waals surface area contributed by atoms with Gasteiger partial charge in [-0.15, -0.1) is 11.6 Å². The molecule has 0 saturated heterocycles. The molecule has 0 atom stereocenters. The van der Waals surface area contributed by atoms with Crippen molar-refractivity contribution in [2.75, 3.05) is 17.0 Å². The van der Waals surface area contributed by atoms with Crippen LogP contribution in [-0.4, -0.2) is 20.7 Å². The Hall–Kier alpha value is -1.01. The van der Waals surface area contributed by atoms with Crippen LogP contribution in [0.5, 0.6) is 5.75 Å². The number of rotatable bonds is 4. The van der Waals surface area contributed by atoms with E-state index in [0.29, 0.717) is 0 Å². The van der Waals surface area contributed by atoms with Crippen LogP contribution in [0.1, 0.15) is 0 Å². The number of alkyl halides is 1. The van der Waals surface area contributed by atoms with Crippen molar-refractivity contribution in [1.29, 1.82) is 0 Å². The molecule has 0 saturated carbocycles. The van der Waals surface area contributed by atoms with Gasteiger partial charge in [0.2, 0.25) is 10.0 Å². The minimum Gasteiger partial charge on any atom is -0.494 e. The Morgan fingerprint density at radius 2 is 2.20 bits per heavy atom. The zero-order valence-corrected chi connectivity index (χ0v) is 9.40. The molecule has 0 aliphatic heterocycles. The molecule has 84 valence electrons. The number of halogens is 2. The summed E-state index contributed by atoms with van der Waals surface area (Å²) in [4.78, 5) is 0. The zero-order chi connectivity index (χ0) is 11.5. The summed E-state index contributed by atoms with van der Waals surface area (Å²) >= 11 is 5.20. The van der Waals surface area contributed by atoms with E-state index in [-0.39, 0.29) is 11.4 Å². The van der Waals surface area contributed by atoms with E-state index in [9.17, 15) is 12.8 Å². The molecule has 0 aromatic heterocycles. The molecule has 0 aliphatic rings. The smallest absolute Gasteiger partial charge is 0.246 e. The monoisotopic (exact) mass is 253 g/mol. The third kappa shape index (κ3) is 3.24. The molecule has 1 aromatic rings. The molecule has 0 heterocycles. The van der Waals surface area contributed by atoms with Crippen molar-refractivity contribution < 1.29 is 17.5 Å². The molecule has 0 aliphatic carbocycles. The van der Waals surface area contributed by atoms with E-state index in [1.54, 1.807) is 0 Å². The quantitative estimate of drug-likeness (QED) is 0.832. The third-order valence-electron chi connectivity index (χ3n) is 1.57. The Balaban J connectivity index is 3.05. The maximum absolute atomic E-state index is 12.8. The predicted molar refractivity (Wildman–Crippen MR) is 56.2 cm³/mol. The van der Waals surface area contributed by atoms with Gasteiger partial charge in [-0.05, 0) is 12.1 Å². The first-order valence-corrected chi connectivity index (χ1v) is 6.07. The largest absolute Gasteiger partial charge is 0.494 e. The second kappa shape index (κ2) is 4.67. The van der Waals surface area contributed by atoms with Gasteiger partial charge in [-0.1, -0.05) is 0 Å². The van der Waals surface area contributed by atoms with Crippen LogP contribution in [0.4, 0.5) is 10.1 Å². The van der Waals surface area contributed by atoms with Gasteiger partial charge >= 0.3 is 0 Å². The maximum Gasteiger partial charge on any atom is 0.246 e. The molecule has 1 rings (SSSR count). The van der Waals surface area contributed by atoms with E-state index in [0.717, 1.165) is 12.1 Å². The highest BCUT2D eigenvalue weighted by Crippen LogP contribution is 2.25. The average Bonchev–Trinajstić information content (AvgIpc) is 2.20. The van der Waals surface area contributed by atoms with Gasteiger partial charge in [0.05, 0.1) is 12.8 Å². The SMILES string of the molecule is COc1cc(F)ccc1NS(=O)(=O)CCl. The average molecular weight is 254 g/mol. The molecule has 4 nitrogen and oxygen atoms in total. The normalized spacial score (nSPS) is 11.1. The first-order valence-electron chi connectivity index (χ1n) is 3.88. The topological polar surface area (TPSA) is 55.4 Å². The zero-order valence-electron chi connectivity index (χ0n) is 7.83. The molecular formula is C8H9ClFNO3S. The molecule has 0 bridgehead atoms. The van der Waals surface area contributed by atoms with Crippen molar-refractivity contribution in [3.05, 3.63) is 24.0 Å². The number of nitrogens with one attached hydrogen (secondary N) is 1. The van der Waals surface area contributed by atoms with E-state index in [4.69, 9.17) is 16.3 Å². The Morgan fingerprint density at radius 3 is 2.73 bits per heavy atom. The van der Waals surface area contributed by atoms with Gasteiger partial charge in [0.25, 0.3) is 0 Å². The number of anilines is 1. The van der Waals surface area contributed by atoms with Crippen molar-refractivity contribution >= 4 is 27.3 Å². The van der Waals surface area contributed by atoms with E-state index in [1.165, 1.54) is 13.2 Å². The van der Waals surface area contributed by atoms with Crippen LogP contribution in [0.3, 0.4) is 0 Å². The van der Waals surface area contributed by atoms with Crippen LogP contribution in [0.25, 0.3) is 0 Å². The van der Waals surface area contributed by atoms with Crippen molar-refractivity contribution in [3.8, 4) is 5.75 Å². The lowest BCUT2D eigenvalue weighted by atomic mass is 10.3. The van der Waals surface area contributed by atoms with Gasteiger partial charge in [-0.3, -0.25) is 4.72 Å². The molecule has 0 radical (unpaired) electrons. The predicted octanol–water partition coefficient (Wildman–Crippen LogP) is 1.77. The van der Waals surface area contributed by atoms with E-state index in [2.05, 4.69) is 4.72 Å². The standard InChI is InChI=1S/C8H9ClFNO3S/c1-14-8-4-6(10)2-3-7(8)11-15(12,13)5-9/h2-4,11H,5H2,1H3.